The molecule has 0 amide bonds. The molecule has 0 spiro atoms. The Labute approximate surface area is 166 Å². The van der Waals surface area contributed by atoms with E-state index >= 15 is 0 Å². The first-order valence-electron chi connectivity index (χ1n) is 8.42. The third-order valence-electron chi connectivity index (χ3n) is 3.73. The van der Waals surface area contributed by atoms with E-state index in [-0.39, 0.29) is 11.4 Å². The molecule has 3 aromatic rings. The van der Waals surface area contributed by atoms with Gasteiger partial charge < -0.3 is 0 Å². The van der Waals surface area contributed by atoms with Crippen LogP contribution in [-0.2, 0) is 12.7 Å². The molecule has 0 saturated carbocycles. The van der Waals surface area contributed by atoms with Crippen molar-refractivity contribution in [3.8, 4) is 11.3 Å². The number of benzene rings is 1. The van der Waals surface area contributed by atoms with Gasteiger partial charge in [0.25, 0.3) is 0 Å². The maximum Gasteiger partial charge on any atom is 0.433 e. The summed E-state index contributed by atoms with van der Waals surface area (Å²) in [7, 11) is 0. The average molecular weight is 428 g/mol. The molecule has 2 heterocycles. The maximum absolute atomic E-state index is 13.2. The number of rotatable bonds is 5. The zero-order chi connectivity index (χ0) is 21.9. The maximum atomic E-state index is 13.2. The minimum absolute atomic E-state index is 0.0319. The molecule has 6 nitrogen and oxygen atoms in total. The lowest BCUT2D eigenvalue weighted by molar-refractivity contribution is -0.143. The van der Waals surface area contributed by atoms with Gasteiger partial charge in [0.05, 0.1) is 11.9 Å². The van der Waals surface area contributed by atoms with Crippen LogP contribution in [0.15, 0.2) is 47.7 Å². The molecule has 158 valence electrons. The number of aromatic nitrogens is 4. The van der Waals surface area contributed by atoms with Crippen LogP contribution in [0, 0.1) is 6.92 Å². The molecule has 2 aromatic heterocycles. The highest BCUT2D eigenvalue weighted by Gasteiger charge is 2.34. The smallest absolute Gasteiger partial charge is 0.263 e. The fourth-order valence-corrected chi connectivity index (χ4v) is 2.39. The van der Waals surface area contributed by atoms with Crippen LogP contribution in [0.1, 0.15) is 17.0 Å². The minimum Gasteiger partial charge on any atom is -0.263 e. The topological polar surface area (TPSA) is 68.0 Å². The molecular formula is C18H14F6N6. The van der Waals surface area contributed by atoms with Gasteiger partial charge in [-0.1, -0.05) is 29.8 Å². The third-order valence-corrected chi connectivity index (χ3v) is 3.73. The normalized spacial score (nSPS) is 12.5. The van der Waals surface area contributed by atoms with E-state index in [0.717, 1.165) is 24.0 Å². The second-order valence-corrected chi connectivity index (χ2v) is 6.25. The fraction of sp³-hybridized carbons (Fsp3) is 0.222. The Hall–Kier alpha value is -3.44. The number of alkyl halides is 6. The number of aryl methyl sites for hydroxylation is 1. The van der Waals surface area contributed by atoms with Crippen molar-refractivity contribution in [2.75, 3.05) is 5.43 Å². The van der Waals surface area contributed by atoms with Gasteiger partial charge in [-0.2, -0.15) is 36.5 Å². The molecule has 1 N–H and O–H groups in total. The number of anilines is 1. The molecule has 12 heteroatoms. The van der Waals surface area contributed by atoms with Gasteiger partial charge in [0.2, 0.25) is 5.95 Å². The van der Waals surface area contributed by atoms with Gasteiger partial charge in [-0.05, 0) is 19.1 Å². The van der Waals surface area contributed by atoms with E-state index in [9.17, 15) is 26.3 Å². The summed E-state index contributed by atoms with van der Waals surface area (Å²) in [5, 5.41) is 7.31. The Morgan fingerprint density at radius 1 is 1.03 bits per heavy atom. The van der Waals surface area contributed by atoms with E-state index in [0.29, 0.717) is 10.2 Å². The summed E-state index contributed by atoms with van der Waals surface area (Å²) in [6.45, 7) is 0.563. The summed E-state index contributed by atoms with van der Waals surface area (Å²) in [5.74, 6) is -0.425. The largest absolute Gasteiger partial charge is 0.433 e. The van der Waals surface area contributed by atoms with Crippen molar-refractivity contribution in [3.05, 3.63) is 59.5 Å². The molecule has 0 bridgehead atoms. The molecule has 0 radical (unpaired) electrons. The van der Waals surface area contributed by atoms with Gasteiger partial charge in [-0.3, -0.25) is 4.68 Å². The lowest BCUT2D eigenvalue weighted by Crippen LogP contribution is -2.18. The summed E-state index contributed by atoms with van der Waals surface area (Å²) < 4.78 is 77.3. The monoisotopic (exact) mass is 428 g/mol. The van der Waals surface area contributed by atoms with Crippen LogP contribution in [0.5, 0.6) is 0 Å². The molecule has 1 aromatic carbocycles. The van der Waals surface area contributed by atoms with Gasteiger partial charge >= 0.3 is 12.4 Å². The molecule has 0 fully saturated rings. The van der Waals surface area contributed by atoms with Crippen molar-refractivity contribution in [2.24, 2.45) is 5.10 Å². The molecule has 0 atom stereocenters. The standard InChI is InChI=1S/C18H14F6N6/c1-11-2-4-12(5-3-11)14-8-15(18(22,23)24)27-16(26-14)28-25-9-13-6-7-30(29-13)10-17(19,20)21/h2-9H,10H2,1H3,(H,26,27,28)/b25-9-. The van der Waals surface area contributed by atoms with Crippen LogP contribution in [0.3, 0.4) is 0 Å². The first kappa shape index (κ1) is 21.3. The number of hydrazone groups is 1. The highest BCUT2D eigenvalue weighted by atomic mass is 19.4. The highest BCUT2D eigenvalue weighted by Crippen LogP contribution is 2.31. The molecule has 0 aliphatic heterocycles. The SMILES string of the molecule is Cc1ccc(-c2cc(C(F)(F)F)nc(N/N=C\c3ccn(CC(F)(F)F)n3)n2)cc1. The van der Waals surface area contributed by atoms with E-state index in [4.69, 9.17) is 0 Å². The van der Waals surface area contributed by atoms with Crippen molar-refractivity contribution >= 4 is 12.2 Å². The van der Waals surface area contributed by atoms with Crippen LogP contribution in [-0.4, -0.2) is 32.1 Å². The second kappa shape index (κ2) is 8.13. The van der Waals surface area contributed by atoms with Gasteiger partial charge in [0, 0.05) is 11.8 Å². The van der Waals surface area contributed by atoms with E-state index in [2.05, 4.69) is 25.6 Å². The van der Waals surface area contributed by atoms with Crippen molar-refractivity contribution in [1.82, 2.24) is 19.7 Å². The second-order valence-electron chi connectivity index (χ2n) is 6.25. The molecule has 0 aliphatic carbocycles. The van der Waals surface area contributed by atoms with Crippen molar-refractivity contribution < 1.29 is 26.3 Å². The lowest BCUT2D eigenvalue weighted by atomic mass is 10.1. The van der Waals surface area contributed by atoms with Gasteiger partial charge in [-0.15, -0.1) is 0 Å². The number of nitrogens with one attached hydrogen (secondary N) is 1. The fourth-order valence-electron chi connectivity index (χ4n) is 2.39. The molecule has 3 rings (SSSR count). The number of halogens is 6. The third kappa shape index (κ3) is 5.78. The van der Waals surface area contributed by atoms with Crippen molar-refractivity contribution in [3.63, 3.8) is 0 Å². The first-order chi connectivity index (χ1) is 14.0. The van der Waals surface area contributed by atoms with Gasteiger partial charge in [0.1, 0.15) is 12.2 Å². The Kier molecular flexibility index (Phi) is 5.76. The Morgan fingerprint density at radius 2 is 1.73 bits per heavy atom. The van der Waals surface area contributed by atoms with E-state index in [1.165, 1.54) is 6.07 Å². The van der Waals surface area contributed by atoms with Crippen LogP contribution in [0.4, 0.5) is 32.3 Å². The summed E-state index contributed by atoms with van der Waals surface area (Å²) >= 11 is 0. The molecule has 30 heavy (non-hydrogen) atoms. The van der Waals surface area contributed by atoms with Crippen molar-refractivity contribution in [2.45, 2.75) is 25.8 Å². The summed E-state index contributed by atoms with van der Waals surface area (Å²) in [5.41, 5.74) is 2.57. The Morgan fingerprint density at radius 3 is 2.37 bits per heavy atom. The Balaban J connectivity index is 1.82. The lowest BCUT2D eigenvalue weighted by Gasteiger charge is -2.10. The van der Waals surface area contributed by atoms with Crippen molar-refractivity contribution in [1.29, 1.82) is 0 Å². The van der Waals surface area contributed by atoms with E-state index in [1.807, 2.05) is 6.92 Å². The molecule has 0 aliphatic rings. The number of nitrogens with zero attached hydrogens (tertiary/aromatic N) is 5. The molecule has 0 saturated heterocycles. The van der Waals surface area contributed by atoms with Gasteiger partial charge in [-0.25, -0.2) is 15.4 Å². The minimum atomic E-state index is -4.71. The summed E-state index contributed by atoms with van der Waals surface area (Å²) in [6, 6.07) is 8.79. The zero-order valence-electron chi connectivity index (χ0n) is 15.3. The van der Waals surface area contributed by atoms with Crippen LogP contribution in [0.2, 0.25) is 0 Å². The highest BCUT2D eigenvalue weighted by molar-refractivity contribution is 5.77. The molecular weight excluding hydrogens is 414 g/mol. The zero-order valence-corrected chi connectivity index (χ0v) is 15.3. The Bertz CT molecular complexity index is 1040. The van der Waals surface area contributed by atoms with Crippen LogP contribution < -0.4 is 5.43 Å². The first-order valence-corrected chi connectivity index (χ1v) is 8.42. The van der Waals surface area contributed by atoms with Crippen LogP contribution in [0.25, 0.3) is 11.3 Å². The summed E-state index contributed by atoms with van der Waals surface area (Å²) in [4.78, 5) is 7.42. The average Bonchev–Trinajstić information content (AvgIpc) is 3.06. The van der Waals surface area contributed by atoms with E-state index in [1.54, 1.807) is 24.3 Å². The van der Waals surface area contributed by atoms with Gasteiger partial charge in [0.15, 0.2) is 5.69 Å². The van der Waals surface area contributed by atoms with E-state index < -0.39 is 30.5 Å². The number of hydrogen-bond acceptors (Lipinski definition) is 5. The number of hydrogen-bond donors (Lipinski definition) is 1. The predicted molar refractivity (Wildman–Crippen MR) is 96.7 cm³/mol. The summed E-state index contributed by atoms with van der Waals surface area (Å²) in [6.07, 6.45) is -7.00. The predicted octanol–water partition coefficient (Wildman–Crippen LogP) is 4.68. The quantitative estimate of drug-likeness (QED) is 0.364. The van der Waals surface area contributed by atoms with Crippen LogP contribution >= 0.6 is 0 Å². The molecule has 0 unspecified atom stereocenters.